The van der Waals surface area contributed by atoms with Crippen molar-refractivity contribution in [1.82, 2.24) is 10.2 Å². The second-order valence-corrected chi connectivity index (χ2v) is 7.12. The van der Waals surface area contributed by atoms with Crippen molar-refractivity contribution in [2.24, 2.45) is 0 Å². The van der Waals surface area contributed by atoms with E-state index < -0.39 is 5.91 Å². The molecule has 30 heavy (non-hydrogen) atoms. The van der Waals surface area contributed by atoms with Crippen LogP contribution in [-0.4, -0.2) is 50.8 Å². The molecule has 7 heteroatoms. The van der Waals surface area contributed by atoms with Crippen molar-refractivity contribution in [3.05, 3.63) is 76.1 Å². The van der Waals surface area contributed by atoms with Crippen molar-refractivity contribution in [2.45, 2.75) is 6.04 Å². The number of hydrogen-bond acceptors (Lipinski definition) is 6. The van der Waals surface area contributed by atoms with Crippen LogP contribution < -0.4 is 15.5 Å². The molecule has 1 aromatic heterocycles. The quantitative estimate of drug-likeness (QED) is 0.675. The van der Waals surface area contributed by atoms with E-state index >= 15 is 0 Å². The second kappa shape index (κ2) is 9.11. The zero-order valence-electron chi connectivity index (χ0n) is 16.8. The van der Waals surface area contributed by atoms with Crippen molar-refractivity contribution >= 4 is 16.9 Å². The summed E-state index contributed by atoms with van der Waals surface area (Å²) in [7, 11) is 1.63. The molecule has 3 aromatic rings. The average molecular weight is 408 g/mol. The molecule has 1 N–H and O–H groups in total. The van der Waals surface area contributed by atoms with Crippen molar-refractivity contribution in [2.75, 3.05) is 40.0 Å². The van der Waals surface area contributed by atoms with Crippen molar-refractivity contribution in [1.29, 1.82) is 0 Å². The number of amides is 1. The number of methoxy groups -OCH3 is 1. The Hall–Kier alpha value is -3.16. The number of para-hydroxylation sites is 1. The second-order valence-electron chi connectivity index (χ2n) is 7.12. The van der Waals surface area contributed by atoms with Crippen LogP contribution in [0.4, 0.5) is 0 Å². The van der Waals surface area contributed by atoms with Crippen LogP contribution >= 0.6 is 0 Å². The lowest BCUT2D eigenvalue weighted by atomic mass is 10.0. The predicted molar refractivity (Wildman–Crippen MR) is 113 cm³/mol. The largest absolute Gasteiger partial charge is 0.497 e. The molecule has 2 heterocycles. The van der Waals surface area contributed by atoms with E-state index in [0.29, 0.717) is 30.7 Å². The van der Waals surface area contributed by atoms with E-state index in [1.54, 1.807) is 31.4 Å². The van der Waals surface area contributed by atoms with Crippen molar-refractivity contribution in [3.8, 4) is 5.75 Å². The van der Waals surface area contributed by atoms with Gasteiger partial charge in [-0.3, -0.25) is 14.5 Å². The van der Waals surface area contributed by atoms with E-state index in [0.717, 1.165) is 24.4 Å². The van der Waals surface area contributed by atoms with Crippen LogP contribution in [-0.2, 0) is 4.74 Å². The smallest absolute Gasteiger partial charge is 0.258 e. The van der Waals surface area contributed by atoms with Gasteiger partial charge in [-0.1, -0.05) is 24.3 Å². The van der Waals surface area contributed by atoms with Gasteiger partial charge in [0.05, 0.1) is 31.8 Å². The molecule has 2 aromatic carbocycles. The zero-order chi connectivity index (χ0) is 20.9. The van der Waals surface area contributed by atoms with Crippen LogP contribution in [0.1, 0.15) is 22.0 Å². The van der Waals surface area contributed by atoms with E-state index in [-0.39, 0.29) is 17.0 Å². The Kier molecular flexibility index (Phi) is 6.11. The maximum absolute atomic E-state index is 12.8. The highest BCUT2D eigenvalue weighted by molar-refractivity contribution is 5.96. The average Bonchev–Trinajstić information content (AvgIpc) is 2.80. The first-order valence-corrected chi connectivity index (χ1v) is 9.92. The minimum Gasteiger partial charge on any atom is -0.497 e. The summed E-state index contributed by atoms with van der Waals surface area (Å²) in [5, 5.41) is 3.31. The molecule has 0 unspecified atom stereocenters. The van der Waals surface area contributed by atoms with Crippen LogP contribution in [0.5, 0.6) is 5.75 Å². The predicted octanol–water partition coefficient (Wildman–Crippen LogP) is 2.60. The molecule has 1 atom stereocenters. The highest BCUT2D eigenvalue weighted by Gasteiger charge is 2.24. The third kappa shape index (κ3) is 4.22. The maximum atomic E-state index is 12.8. The molecule has 0 radical (unpaired) electrons. The number of ether oxygens (including phenoxy) is 2. The lowest BCUT2D eigenvalue weighted by Gasteiger charge is -2.35. The van der Waals surface area contributed by atoms with Gasteiger partial charge in [0.1, 0.15) is 23.2 Å². The van der Waals surface area contributed by atoms with E-state index in [1.165, 1.54) is 6.26 Å². The molecule has 1 amide bonds. The Balaban J connectivity index is 1.55. The van der Waals surface area contributed by atoms with E-state index in [1.807, 2.05) is 24.3 Å². The summed E-state index contributed by atoms with van der Waals surface area (Å²) < 4.78 is 16.2. The number of nitrogens with zero attached hydrogens (tertiary/aromatic N) is 1. The zero-order valence-corrected chi connectivity index (χ0v) is 16.8. The van der Waals surface area contributed by atoms with Gasteiger partial charge in [-0.2, -0.15) is 0 Å². The first kappa shape index (κ1) is 20.1. The lowest BCUT2D eigenvalue weighted by Crippen LogP contribution is -2.44. The molecule has 0 bridgehead atoms. The fourth-order valence-corrected chi connectivity index (χ4v) is 3.69. The summed E-state index contributed by atoms with van der Waals surface area (Å²) in [6.45, 7) is 3.19. The van der Waals surface area contributed by atoms with Crippen molar-refractivity contribution in [3.63, 3.8) is 0 Å². The van der Waals surface area contributed by atoms with Gasteiger partial charge in [0, 0.05) is 19.6 Å². The standard InChI is InChI=1S/C23H24N2O5/c1-28-17-8-6-16(7-9-17)20(25-10-12-29-13-11-25)14-24-23(27)19-15-30-21-5-3-2-4-18(21)22(19)26/h2-9,15,20H,10-14H2,1H3,(H,24,27)/t20-/m0/s1. The first-order valence-electron chi connectivity index (χ1n) is 9.92. The Bertz CT molecular complexity index is 1070. The third-order valence-corrected chi connectivity index (χ3v) is 5.37. The molecule has 1 fully saturated rings. The molecule has 7 nitrogen and oxygen atoms in total. The van der Waals surface area contributed by atoms with Gasteiger partial charge in [0.2, 0.25) is 5.43 Å². The Morgan fingerprint density at radius 1 is 1.13 bits per heavy atom. The third-order valence-electron chi connectivity index (χ3n) is 5.37. The number of benzene rings is 2. The van der Waals surface area contributed by atoms with Crippen LogP contribution in [0.25, 0.3) is 11.0 Å². The molecule has 0 spiro atoms. The Morgan fingerprint density at radius 3 is 2.60 bits per heavy atom. The molecule has 156 valence electrons. The van der Waals surface area contributed by atoms with Gasteiger partial charge in [0.15, 0.2) is 0 Å². The van der Waals surface area contributed by atoms with Gasteiger partial charge in [-0.05, 0) is 29.8 Å². The molecule has 1 saturated heterocycles. The summed E-state index contributed by atoms with van der Waals surface area (Å²) >= 11 is 0. The Morgan fingerprint density at radius 2 is 1.87 bits per heavy atom. The molecular formula is C23H24N2O5. The van der Waals surface area contributed by atoms with E-state index in [4.69, 9.17) is 13.9 Å². The number of hydrogen-bond donors (Lipinski definition) is 1. The van der Waals surface area contributed by atoms with Gasteiger partial charge in [-0.15, -0.1) is 0 Å². The van der Waals surface area contributed by atoms with Crippen molar-refractivity contribution < 1.29 is 18.7 Å². The molecule has 4 rings (SSSR count). The topological polar surface area (TPSA) is 81.0 Å². The fourth-order valence-electron chi connectivity index (χ4n) is 3.69. The van der Waals surface area contributed by atoms with Crippen LogP contribution in [0, 0.1) is 0 Å². The minimum absolute atomic E-state index is 0.00385. The first-order chi connectivity index (χ1) is 14.7. The summed E-state index contributed by atoms with van der Waals surface area (Å²) in [5.74, 6) is 0.332. The van der Waals surface area contributed by atoms with Gasteiger partial charge in [0.25, 0.3) is 5.91 Å². The monoisotopic (exact) mass is 408 g/mol. The van der Waals surface area contributed by atoms with Gasteiger partial charge >= 0.3 is 0 Å². The van der Waals surface area contributed by atoms with Crippen LogP contribution in [0.3, 0.4) is 0 Å². The number of rotatable bonds is 6. The molecule has 0 saturated carbocycles. The highest BCUT2D eigenvalue weighted by Crippen LogP contribution is 2.24. The van der Waals surface area contributed by atoms with E-state index in [9.17, 15) is 9.59 Å². The number of morpholine rings is 1. The van der Waals surface area contributed by atoms with Crippen LogP contribution in [0.2, 0.25) is 0 Å². The normalized spacial score (nSPS) is 15.6. The summed E-state index contributed by atoms with van der Waals surface area (Å²) in [5.41, 5.74) is 1.19. The summed E-state index contributed by atoms with van der Waals surface area (Å²) in [6.07, 6.45) is 1.23. The molecule has 0 aliphatic carbocycles. The van der Waals surface area contributed by atoms with Gasteiger partial charge in [-0.25, -0.2) is 0 Å². The fraction of sp³-hybridized carbons (Fsp3) is 0.304. The molecule has 1 aliphatic heterocycles. The number of carbonyl (C=O) groups is 1. The molecule has 1 aliphatic rings. The molecular weight excluding hydrogens is 384 g/mol. The number of fused-ring (bicyclic) bond motifs is 1. The Labute approximate surface area is 174 Å². The van der Waals surface area contributed by atoms with E-state index in [2.05, 4.69) is 10.2 Å². The number of carbonyl (C=O) groups excluding carboxylic acids is 1. The maximum Gasteiger partial charge on any atom is 0.258 e. The lowest BCUT2D eigenvalue weighted by molar-refractivity contribution is 0.0162. The number of nitrogens with one attached hydrogen (secondary N) is 1. The van der Waals surface area contributed by atoms with Gasteiger partial charge < -0.3 is 19.2 Å². The summed E-state index contributed by atoms with van der Waals surface area (Å²) in [4.78, 5) is 27.8. The minimum atomic E-state index is -0.443. The van der Waals surface area contributed by atoms with Crippen LogP contribution in [0.15, 0.2) is 64.0 Å². The summed E-state index contributed by atoms with van der Waals surface area (Å²) in [6, 6.07) is 14.7. The highest BCUT2D eigenvalue weighted by atomic mass is 16.5. The SMILES string of the molecule is COc1ccc([C@H](CNC(=O)c2coc3ccccc3c2=O)N2CCOCC2)cc1.